The van der Waals surface area contributed by atoms with Gasteiger partial charge in [-0.05, 0) is 68.9 Å². The molecule has 9 heteroatoms. The molecule has 0 aromatic carbocycles. The fourth-order valence-electron chi connectivity index (χ4n) is 5.77. The van der Waals surface area contributed by atoms with Gasteiger partial charge in [-0.15, -0.1) is 5.10 Å². The zero-order valence-corrected chi connectivity index (χ0v) is 18.6. The van der Waals surface area contributed by atoms with Crippen LogP contribution in [0.4, 0.5) is 14.7 Å². The van der Waals surface area contributed by atoms with Crippen LogP contribution in [0.1, 0.15) is 69.4 Å². The molecule has 4 aliphatic rings. The summed E-state index contributed by atoms with van der Waals surface area (Å²) in [5, 5.41) is 7.41. The van der Waals surface area contributed by atoms with Crippen LogP contribution >= 0.6 is 0 Å². The highest BCUT2D eigenvalue weighted by Gasteiger charge is 2.62. The number of halogens is 2. The van der Waals surface area contributed by atoms with E-state index in [9.17, 15) is 18.4 Å². The van der Waals surface area contributed by atoms with E-state index in [1.165, 1.54) is 0 Å². The van der Waals surface area contributed by atoms with Crippen molar-refractivity contribution in [1.29, 1.82) is 0 Å². The van der Waals surface area contributed by atoms with Crippen LogP contribution in [-0.2, 0) is 9.59 Å². The lowest BCUT2D eigenvalue weighted by atomic mass is 9.65. The molecule has 0 bridgehead atoms. The third-order valence-corrected chi connectivity index (χ3v) is 8.30. The van der Waals surface area contributed by atoms with Crippen molar-refractivity contribution in [2.24, 2.45) is 17.3 Å². The summed E-state index contributed by atoms with van der Waals surface area (Å²) in [6, 6.07) is 5.99. The van der Waals surface area contributed by atoms with Gasteiger partial charge in [-0.2, -0.15) is 4.98 Å². The maximum Gasteiger partial charge on any atom is 0.260 e. The van der Waals surface area contributed by atoms with Crippen LogP contribution in [0, 0.1) is 17.3 Å². The van der Waals surface area contributed by atoms with Gasteiger partial charge in [0.1, 0.15) is 5.92 Å². The summed E-state index contributed by atoms with van der Waals surface area (Å²) in [5.41, 5.74) is 2.06. The van der Waals surface area contributed by atoms with Crippen molar-refractivity contribution >= 4 is 23.4 Å². The second-order valence-corrected chi connectivity index (χ2v) is 10.5. The van der Waals surface area contributed by atoms with Crippen LogP contribution in [0.3, 0.4) is 0 Å². The quantitative estimate of drug-likeness (QED) is 0.753. The highest BCUT2D eigenvalue weighted by Crippen LogP contribution is 2.52. The predicted molar refractivity (Wildman–Crippen MR) is 117 cm³/mol. The number of anilines is 1. The molecule has 176 valence electrons. The molecule has 2 amide bonds. The maximum atomic E-state index is 13.3. The molecular weight excluding hydrogens is 428 g/mol. The zero-order chi connectivity index (χ0) is 22.8. The van der Waals surface area contributed by atoms with Crippen molar-refractivity contribution in [1.82, 2.24) is 19.5 Å². The van der Waals surface area contributed by atoms with Gasteiger partial charge in [-0.25, -0.2) is 13.3 Å². The molecule has 1 spiro atoms. The van der Waals surface area contributed by atoms with Crippen LogP contribution in [0.15, 0.2) is 18.2 Å². The third kappa shape index (κ3) is 3.89. The number of piperidine rings is 1. The van der Waals surface area contributed by atoms with E-state index in [1.54, 1.807) is 4.90 Å². The van der Waals surface area contributed by atoms with Gasteiger partial charge in [0.05, 0.1) is 0 Å². The Bertz CT molecular complexity index is 1090. The summed E-state index contributed by atoms with van der Waals surface area (Å²) < 4.78 is 28.4. The molecule has 1 aliphatic heterocycles. The van der Waals surface area contributed by atoms with Gasteiger partial charge in [0.15, 0.2) is 5.65 Å². The largest absolute Gasteiger partial charge is 0.342 e. The number of hydrogen-bond acceptors (Lipinski definition) is 4. The van der Waals surface area contributed by atoms with Gasteiger partial charge in [-0.1, -0.05) is 6.07 Å². The summed E-state index contributed by atoms with van der Waals surface area (Å²) in [6.45, 7) is 1.19. The molecule has 6 rings (SSSR count). The number of nitrogens with zero attached hydrogens (tertiary/aromatic N) is 4. The van der Waals surface area contributed by atoms with E-state index < -0.39 is 11.8 Å². The number of carbonyl (C=O) groups excluding carboxylic acids is 2. The summed E-state index contributed by atoms with van der Waals surface area (Å²) in [6.07, 6.45) is 7.57. The second-order valence-electron chi connectivity index (χ2n) is 10.5. The Labute approximate surface area is 190 Å². The average molecular weight is 458 g/mol. The molecule has 1 N–H and O–H groups in total. The average Bonchev–Trinajstić information content (AvgIpc) is 3.71. The molecule has 33 heavy (non-hydrogen) atoms. The Kier molecular flexibility index (Phi) is 4.75. The standard InChI is InChI=1S/C24H29F2N5O2/c25-24(26)14-17(24)21(33)30-12-10-23(11-13-30)8-6-15(7-9-23)18-2-1-3-19-27-22(29-31(18)19)28-20(32)16-4-5-16/h1-3,15-17H,4-14H2,(H,28,29,32)/t17-/m0/s1. The third-order valence-electron chi connectivity index (χ3n) is 8.30. The van der Waals surface area contributed by atoms with Crippen LogP contribution < -0.4 is 5.32 Å². The lowest BCUT2D eigenvalue weighted by molar-refractivity contribution is -0.137. The van der Waals surface area contributed by atoms with Gasteiger partial charge in [0.2, 0.25) is 17.8 Å². The smallest absolute Gasteiger partial charge is 0.260 e. The molecular formula is C24H29F2N5O2. The summed E-state index contributed by atoms with van der Waals surface area (Å²) in [4.78, 5) is 30.6. The number of likely N-dealkylation sites (tertiary alicyclic amines) is 1. The SMILES string of the molecule is O=C(Nc1nc2cccc(C3CCC4(CC3)CCN(C(=O)[C@@H]3CC3(F)F)CC4)n2n1)C1CC1. The Morgan fingerprint density at radius 2 is 1.73 bits per heavy atom. The molecule has 2 aromatic heterocycles. The van der Waals surface area contributed by atoms with Crippen LogP contribution in [0.5, 0.6) is 0 Å². The lowest BCUT2D eigenvalue weighted by Gasteiger charge is -2.46. The Morgan fingerprint density at radius 1 is 1.03 bits per heavy atom. The highest BCUT2D eigenvalue weighted by atomic mass is 19.3. The number of carbonyl (C=O) groups is 2. The monoisotopic (exact) mass is 457 g/mol. The number of alkyl halides is 2. The van der Waals surface area contributed by atoms with Gasteiger partial charge >= 0.3 is 0 Å². The lowest BCUT2D eigenvalue weighted by Crippen LogP contribution is -2.45. The van der Waals surface area contributed by atoms with Crippen molar-refractivity contribution < 1.29 is 18.4 Å². The van der Waals surface area contributed by atoms with E-state index in [1.807, 2.05) is 16.6 Å². The molecule has 1 atom stereocenters. The van der Waals surface area contributed by atoms with Crippen molar-refractivity contribution in [2.45, 2.75) is 69.6 Å². The van der Waals surface area contributed by atoms with E-state index in [-0.39, 0.29) is 29.6 Å². The van der Waals surface area contributed by atoms with Crippen molar-refractivity contribution in [2.75, 3.05) is 18.4 Å². The number of hydrogen-bond donors (Lipinski definition) is 1. The second kappa shape index (κ2) is 7.46. The Balaban J connectivity index is 1.09. The fourth-order valence-corrected chi connectivity index (χ4v) is 5.77. The molecule has 3 saturated carbocycles. The van der Waals surface area contributed by atoms with E-state index in [2.05, 4.69) is 21.5 Å². The molecule has 7 nitrogen and oxygen atoms in total. The number of aromatic nitrogens is 3. The van der Waals surface area contributed by atoms with Gasteiger partial charge in [-0.3, -0.25) is 14.9 Å². The molecule has 4 fully saturated rings. The number of rotatable bonds is 4. The Hall–Kier alpha value is -2.58. The van der Waals surface area contributed by atoms with E-state index in [0.717, 1.165) is 62.7 Å². The van der Waals surface area contributed by atoms with Crippen LogP contribution in [0.2, 0.25) is 0 Å². The molecule has 3 aliphatic carbocycles. The minimum atomic E-state index is -2.78. The summed E-state index contributed by atoms with van der Waals surface area (Å²) in [5.74, 6) is -3.39. The summed E-state index contributed by atoms with van der Waals surface area (Å²) in [7, 11) is 0. The first-order chi connectivity index (χ1) is 15.8. The minimum Gasteiger partial charge on any atom is -0.342 e. The van der Waals surface area contributed by atoms with Crippen molar-refractivity contribution in [3.63, 3.8) is 0 Å². The molecule has 0 radical (unpaired) electrons. The van der Waals surface area contributed by atoms with Gasteiger partial charge in [0, 0.05) is 37.0 Å². The first-order valence-electron chi connectivity index (χ1n) is 12.2. The number of nitrogens with one attached hydrogen (secondary N) is 1. The predicted octanol–water partition coefficient (Wildman–Crippen LogP) is 4.00. The first-order valence-corrected chi connectivity index (χ1v) is 12.2. The first kappa shape index (κ1) is 21.0. The fraction of sp³-hybridized carbons (Fsp3) is 0.667. The number of amides is 2. The molecule has 3 heterocycles. The van der Waals surface area contributed by atoms with Gasteiger partial charge in [0.25, 0.3) is 5.92 Å². The normalized spacial score (nSPS) is 26.5. The van der Waals surface area contributed by atoms with E-state index in [4.69, 9.17) is 0 Å². The van der Waals surface area contributed by atoms with Crippen LogP contribution in [-0.4, -0.2) is 50.3 Å². The number of pyridine rings is 1. The van der Waals surface area contributed by atoms with Crippen molar-refractivity contribution in [3.8, 4) is 0 Å². The highest BCUT2D eigenvalue weighted by molar-refractivity contribution is 5.92. The molecule has 2 aromatic rings. The van der Waals surface area contributed by atoms with E-state index in [0.29, 0.717) is 25.0 Å². The van der Waals surface area contributed by atoms with Crippen molar-refractivity contribution in [3.05, 3.63) is 23.9 Å². The maximum absolute atomic E-state index is 13.3. The molecule has 1 saturated heterocycles. The zero-order valence-electron chi connectivity index (χ0n) is 18.6. The van der Waals surface area contributed by atoms with E-state index >= 15 is 0 Å². The number of fused-ring (bicyclic) bond motifs is 1. The van der Waals surface area contributed by atoms with Crippen LogP contribution in [0.25, 0.3) is 5.65 Å². The summed E-state index contributed by atoms with van der Waals surface area (Å²) >= 11 is 0. The topological polar surface area (TPSA) is 79.6 Å². The molecule has 0 unspecified atom stereocenters. The Morgan fingerprint density at radius 3 is 2.36 bits per heavy atom. The van der Waals surface area contributed by atoms with Gasteiger partial charge < -0.3 is 4.90 Å². The minimum absolute atomic E-state index is 0.00212.